The van der Waals surface area contributed by atoms with Crippen LogP contribution < -0.4 is 9.47 Å². The zero-order valence-corrected chi connectivity index (χ0v) is 11.3. The molecule has 98 valence electrons. The quantitative estimate of drug-likeness (QED) is 0.823. The van der Waals surface area contributed by atoms with E-state index in [-0.39, 0.29) is 5.12 Å². The van der Waals surface area contributed by atoms with Crippen LogP contribution >= 0.6 is 11.8 Å². The molecule has 18 heavy (non-hydrogen) atoms. The van der Waals surface area contributed by atoms with Crippen LogP contribution in [0.3, 0.4) is 0 Å². The van der Waals surface area contributed by atoms with E-state index in [4.69, 9.17) is 9.47 Å². The van der Waals surface area contributed by atoms with Crippen molar-refractivity contribution in [3.05, 3.63) is 29.6 Å². The highest BCUT2D eigenvalue weighted by atomic mass is 32.2. The molecular weight excluding hydrogens is 255 g/mol. The molecule has 0 saturated heterocycles. The summed E-state index contributed by atoms with van der Waals surface area (Å²) < 4.78 is 23.8. The Bertz CT molecular complexity index is 458. The molecule has 1 aromatic rings. The topological polar surface area (TPSA) is 35.5 Å². The van der Waals surface area contributed by atoms with Crippen LogP contribution in [0.1, 0.15) is 12.5 Å². The molecule has 0 aliphatic heterocycles. The minimum absolute atomic E-state index is 0.0347. The highest BCUT2D eigenvalue weighted by molar-refractivity contribution is 8.13. The van der Waals surface area contributed by atoms with E-state index in [1.54, 1.807) is 18.2 Å². The van der Waals surface area contributed by atoms with E-state index in [1.165, 1.54) is 39.0 Å². The second kappa shape index (κ2) is 7.06. The number of thioether (sulfide) groups is 1. The first-order valence-corrected chi connectivity index (χ1v) is 6.28. The monoisotopic (exact) mass is 270 g/mol. The van der Waals surface area contributed by atoms with Crippen molar-refractivity contribution in [3.8, 4) is 11.5 Å². The minimum atomic E-state index is -0.392. The molecule has 1 rings (SSSR count). The fourth-order valence-electron chi connectivity index (χ4n) is 1.34. The maximum Gasteiger partial charge on any atom is 0.186 e. The maximum absolute atomic E-state index is 13.7. The summed E-state index contributed by atoms with van der Waals surface area (Å²) in [5, 5.41) is 0.0347. The number of halogens is 1. The van der Waals surface area contributed by atoms with Crippen LogP contribution in [0.5, 0.6) is 11.5 Å². The molecule has 0 spiro atoms. The summed E-state index contributed by atoms with van der Waals surface area (Å²) in [6, 6.07) is 2.83. The van der Waals surface area contributed by atoms with Crippen LogP contribution in [-0.2, 0) is 4.79 Å². The second-order valence-corrected chi connectivity index (χ2v) is 4.63. The van der Waals surface area contributed by atoms with E-state index < -0.39 is 5.82 Å². The van der Waals surface area contributed by atoms with Crippen molar-refractivity contribution in [1.29, 1.82) is 0 Å². The summed E-state index contributed by atoms with van der Waals surface area (Å²) in [6.45, 7) is 1.50. The molecule has 0 N–H and O–H groups in total. The Hall–Kier alpha value is -1.49. The van der Waals surface area contributed by atoms with Gasteiger partial charge in [-0.05, 0) is 6.07 Å². The van der Waals surface area contributed by atoms with Gasteiger partial charge in [0.1, 0.15) is 5.82 Å². The maximum atomic E-state index is 13.7. The molecule has 5 heteroatoms. The van der Waals surface area contributed by atoms with E-state index in [0.29, 0.717) is 22.8 Å². The summed E-state index contributed by atoms with van der Waals surface area (Å²) in [7, 11) is 2.95. The molecule has 0 radical (unpaired) electrons. The van der Waals surface area contributed by atoms with Gasteiger partial charge < -0.3 is 9.47 Å². The SMILES string of the molecule is COc1cc(F)c(C=CCSC(C)=O)cc1OC. The molecule has 0 heterocycles. The Morgan fingerprint density at radius 1 is 1.33 bits per heavy atom. The van der Waals surface area contributed by atoms with Crippen LogP contribution in [0.15, 0.2) is 18.2 Å². The first-order valence-electron chi connectivity index (χ1n) is 5.30. The molecule has 0 bridgehead atoms. The van der Waals surface area contributed by atoms with E-state index in [9.17, 15) is 9.18 Å². The molecule has 0 aromatic heterocycles. The molecule has 1 aromatic carbocycles. The highest BCUT2D eigenvalue weighted by Crippen LogP contribution is 2.30. The van der Waals surface area contributed by atoms with Gasteiger partial charge in [0.05, 0.1) is 14.2 Å². The number of carbonyl (C=O) groups is 1. The molecule has 0 unspecified atom stereocenters. The van der Waals surface area contributed by atoms with Crippen molar-refractivity contribution >= 4 is 23.0 Å². The molecule has 0 amide bonds. The molecule has 0 fully saturated rings. The normalized spacial score (nSPS) is 10.7. The summed E-state index contributed by atoms with van der Waals surface area (Å²) in [5.74, 6) is 0.947. The van der Waals surface area contributed by atoms with Crippen molar-refractivity contribution in [1.82, 2.24) is 0 Å². The number of carbonyl (C=O) groups excluding carboxylic acids is 1. The fraction of sp³-hybridized carbons (Fsp3) is 0.308. The van der Waals surface area contributed by atoms with Gasteiger partial charge in [-0.25, -0.2) is 4.39 Å². The summed E-state index contributed by atoms with van der Waals surface area (Å²) >= 11 is 1.17. The summed E-state index contributed by atoms with van der Waals surface area (Å²) in [4.78, 5) is 10.7. The average Bonchev–Trinajstić information content (AvgIpc) is 2.35. The van der Waals surface area contributed by atoms with Crippen molar-refractivity contribution < 1.29 is 18.7 Å². The van der Waals surface area contributed by atoms with Gasteiger partial charge in [-0.3, -0.25) is 4.79 Å². The summed E-state index contributed by atoms with van der Waals surface area (Å²) in [5.41, 5.74) is 0.400. The molecule has 0 atom stereocenters. The van der Waals surface area contributed by atoms with Crippen LogP contribution in [0.4, 0.5) is 4.39 Å². The molecule has 0 saturated carbocycles. The number of hydrogen-bond acceptors (Lipinski definition) is 4. The zero-order chi connectivity index (χ0) is 13.5. The van der Waals surface area contributed by atoms with Gasteiger partial charge in [0, 0.05) is 24.3 Å². The van der Waals surface area contributed by atoms with Gasteiger partial charge in [-0.15, -0.1) is 0 Å². The van der Waals surface area contributed by atoms with Crippen molar-refractivity contribution in [2.75, 3.05) is 20.0 Å². The Morgan fingerprint density at radius 3 is 2.50 bits per heavy atom. The number of ether oxygens (including phenoxy) is 2. The number of methoxy groups -OCH3 is 2. The Kier molecular flexibility index (Phi) is 5.71. The lowest BCUT2D eigenvalue weighted by molar-refractivity contribution is -0.109. The third-order valence-corrected chi connectivity index (χ3v) is 2.95. The van der Waals surface area contributed by atoms with Gasteiger partial charge in [0.15, 0.2) is 16.6 Å². The van der Waals surface area contributed by atoms with Gasteiger partial charge in [-0.1, -0.05) is 23.9 Å². The van der Waals surface area contributed by atoms with Crippen LogP contribution in [0.2, 0.25) is 0 Å². The smallest absolute Gasteiger partial charge is 0.186 e. The van der Waals surface area contributed by atoms with Crippen LogP contribution in [-0.4, -0.2) is 25.1 Å². The van der Waals surface area contributed by atoms with Crippen LogP contribution in [0, 0.1) is 5.82 Å². The number of hydrogen-bond donors (Lipinski definition) is 0. The van der Waals surface area contributed by atoms with Crippen molar-refractivity contribution in [2.45, 2.75) is 6.92 Å². The largest absolute Gasteiger partial charge is 0.493 e. The van der Waals surface area contributed by atoms with Gasteiger partial charge >= 0.3 is 0 Å². The van der Waals surface area contributed by atoms with Crippen LogP contribution in [0.25, 0.3) is 6.08 Å². The first-order chi connectivity index (χ1) is 8.58. The zero-order valence-electron chi connectivity index (χ0n) is 10.5. The third-order valence-electron chi connectivity index (χ3n) is 2.18. The van der Waals surface area contributed by atoms with Gasteiger partial charge in [0.25, 0.3) is 0 Å². The van der Waals surface area contributed by atoms with Gasteiger partial charge in [0.2, 0.25) is 0 Å². The van der Waals surface area contributed by atoms with Crippen molar-refractivity contribution in [3.63, 3.8) is 0 Å². The Labute approximate surface area is 110 Å². The predicted octanol–water partition coefficient (Wildman–Crippen LogP) is 3.14. The lowest BCUT2D eigenvalue weighted by Crippen LogP contribution is -1.93. The minimum Gasteiger partial charge on any atom is -0.493 e. The predicted molar refractivity (Wildman–Crippen MR) is 71.7 cm³/mol. The second-order valence-electron chi connectivity index (χ2n) is 3.43. The molecular formula is C13H15FO3S. The number of benzene rings is 1. The highest BCUT2D eigenvalue weighted by Gasteiger charge is 2.08. The Balaban J connectivity index is 2.85. The van der Waals surface area contributed by atoms with Gasteiger partial charge in [-0.2, -0.15) is 0 Å². The van der Waals surface area contributed by atoms with Crippen molar-refractivity contribution in [2.24, 2.45) is 0 Å². The first kappa shape index (κ1) is 14.6. The average molecular weight is 270 g/mol. The third kappa shape index (κ3) is 4.07. The standard InChI is InChI=1S/C13H15FO3S/c1-9(15)18-6-4-5-10-7-12(16-2)13(17-3)8-11(10)14/h4-5,7-8H,6H2,1-3H3. The van der Waals surface area contributed by atoms with E-state index in [1.807, 2.05) is 0 Å². The molecule has 0 aliphatic rings. The lowest BCUT2D eigenvalue weighted by atomic mass is 10.1. The van der Waals surface area contributed by atoms with E-state index in [0.717, 1.165) is 0 Å². The fourth-order valence-corrected chi connectivity index (χ4v) is 1.77. The Morgan fingerprint density at radius 2 is 1.94 bits per heavy atom. The summed E-state index contributed by atoms with van der Waals surface area (Å²) in [6.07, 6.45) is 3.35. The molecule has 0 aliphatic carbocycles. The number of rotatable bonds is 5. The molecule has 3 nitrogen and oxygen atoms in total. The van der Waals surface area contributed by atoms with E-state index in [2.05, 4.69) is 0 Å². The lowest BCUT2D eigenvalue weighted by Gasteiger charge is -2.08. The van der Waals surface area contributed by atoms with E-state index >= 15 is 0 Å².